The number of anilines is 3. The molecule has 3 rings (SSSR count). The summed E-state index contributed by atoms with van der Waals surface area (Å²) in [4.78, 5) is 20.6. The highest BCUT2D eigenvalue weighted by Crippen LogP contribution is 2.30. The number of rotatable bonds is 4. The van der Waals surface area contributed by atoms with Crippen LogP contribution in [0.3, 0.4) is 0 Å². The van der Waals surface area contributed by atoms with Crippen LogP contribution in [0.2, 0.25) is 0 Å². The van der Waals surface area contributed by atoms with Crippen molar-refractivity contribution in [2.75, 3.05) is 10.6 Å². The number of hydrogen-bond donors (Lipinski definition) is 2. The lowest BCUT2D eigenvalue weighted by Gasteiger charge is -2.10. The Morgan fingerprint density at radius 3 is 2.36 bits per heavy atom. The summed E-state index contributed by atoms with van der Waals surface area (Å²) in [5.74, 6) is -0.308. The second-order valence-corrected chi connectivity index (χ2v) is 6.24. The third-order valence-electron chi connectivity index (χ3n) is 3.99. The van der Waals surface area contributed by atoms with E-state index in [1.165, 1.54) is 24.4 Å². The minimum atomic E-state index is -4.40. The van der Waals surface area contributed by atoms with Gasteiger partial charge >= 0.3 is 6.18 Å². The van der Waals surface area contributed by atoms with Gasteiger partial charge in [0.15, 0.2) is 0 Å². The Kier molecular flexibility index (Phi) is 5.30. The normalized spacial score (nSPS) is 11.2. The molecule has 1 aromatic heterocycles. The van der Waals surface area contributed by atoms with Gasteiger partial charge in [-0.1, -0.05) is 17.7 Å². The Labute approximate surface area is 159 Å². The Hall–Kier alpha value is -3.42. The summed E-state index contributed by atoms with van der Waals surface area (Å²) in [6.07, 6.45) is -3.00. The number of nitrogens with one attached hydrogen (secondary N) is 2. The Bertz CT molecular complexity index is 1000. The molecule has 0 aliphatic rings. The van der Waals surface area contributed by atoms with Crippen molar-refractivity contribution >= 4 is 23.2 Å². The van der Waals surface area contributed by atoms with Crippen LogP contribution in [0.25, 0.3) is 0 Å². The van der Waals surface area contributed by atoms with Gasteiger partial charge in [0.2, 0.25) is 5.95 Å². The first kappa shape index (κ1) is 19.3. The lowest BCUT2D eigenvalue weighted by Crippen LogP contribution is -2.15. The molecule has 0 bridgehead atoms. The topological polar surface area (TPSA) is 66.9 Å². The molecule has 0 fully saturated rings. The molecule has 0 saturated carbocycles. The van der Waals surface area contributed by atoms with Gasteiger partial charge in [0.25, 0.3) is 5.91 Å². The summed E-state index contributed by atoms with van der Waals surface area (Å²) in [5, 5.41) is 5.58. The number of aromatic nitrogens is 2. The number of carbonyl (C=O) groups is 1. The van der Waals surface area contributed by atoms with Gasteiger partial charge in [0, 0.05) is 17.6 Å². The monoisotopic (exact) mass is 386 g/mol. The van der Waals surface area contributed by atoms with Gasteiger partial charge in [-0.2, -0.15) is 13.2 Å². The number of amides is 1. The molecular formula is C20H17F3N4O. The highest BCUT2D eigenvalue weighted by Gasteiger charge is 2.29. The minimum absolute atomic E-state index is 0.105. The Morgan fingerprint density at radius 2 is 1.71 bits per heavy atom. The number of benzene rings is 2. The summed E-state index contributed by atoms with van der Waals surface area (Å²) in [5.41, 5.74) is 2.43. The van der Waals surface area contributed by atoms with E-state index in [0.29, 0.717) is 11.4 Å². The highest BCUT2D eigenvalue weighted by molar-refractivity contribution is 6.03. The largest absolute Gasteiger partial charge is 0.416 e. The van der Waals surface area contributed by atoms with Gasteiger partial charge in [-0.15, -0.1) is 0 Å². The summed E-state index contributed by atoms with van der Waals surface area (Å²) in [6.45, 7) is 3.85. The maximum Gasteiger partial charge on any atom is 0.416 e. The molecule has 0 spiro atoms. The van der Waals surface area contributed by atoms with Crippen LogP contribution in [-0.4, -0.2) is 15.9 Å². The van der Waals surface area contributed by atoms with E-state index in [2.05, 4.69) is 20.6 Å². The van der Waals surface area contributed by atoms with E-state index in [4.69, 9.17) is 0 Å². The first-order valence-electron chi connectivity index (χ1n) is 8.38. The third kappa shape index (κ3) is 4.64. The maximum atomic E-state index is 12.6. The molecule has 3 aromatic rings. The van der Waals surface area contributed by atoms with Crippen molar-refractivity contribution in [2.24, 2.45) is 0 Å². The maximum absolute atomic E-state index is 12.6. The molecule has 28 heavy (non-hydrogen) atoms. The smallest absolute Gasteiger partial charge is 0.324 e. The Balaban J connectivity index is 1.73. The molecule has 8 heteroatoms. The van der Waals surface area contributed by atoms with E-state index in [0.717, 1.165) is 23.3 Å². The molecule has 0 unspecified atom stereocenters. The summed E-state index contributed by atoms with van der Waals surface area (Å²) in [7, 11) is 0. The second kappa shape index (κ2) is 7.67. The van der Waals surface area contributed by atoms with E-state index in [1.807, 2.05) is 32.0 Å². The van der Waals surface area contributed by atoms with Gasteiger partial charge < -0.3 is 10.6 Å². The first-order valence-corrected chi connectivity index (χ1v) is 8.38. The van der Waals surface area contributed by atoms with Crippen molar-refractivity contribution < 1.29 is 18.0 Å². The van der Waals surface area contributed by atoms with E-state index in [-0.39, 0.29) is 11.6 Å². The van der Waals surface area contributed by atoms with Crippen LogP contribution in [0.15, 0.2) is 54.7 Å². The van der Waals surface area contributed by atoms with Crippen LogP contribution in [-0.2, 0) is 6.18 Å². The molecular weight excluding hydrogens is 369 g/mol. The average molecular weight is 386 g/mol. The zero-order chi connectivity index (χ0) is 20.3. The number of carbonyl (C=O) groups excluding carboxylic acids is 1. The predicted octanol–water partition coefficient (Wildman–Crippen LogP) is 5.11. The molecule has 0 atom stereocenters. The SMILES string of the molecule is Cc1ccc(NC(=O)c2ccnc(Nc3ccc(C(F)(F)F)cc3)n2)c(C)c1. The predicted molar refractivity (Wildman–Crippen MR) is 101 cm³/mol. The van der Waals surface area contributed by atoms with Gasteiger partial charge in [-0.05, 0) is 55.8 Å². The van der Waals surface area contributed by atoms with Crippen molar-refractivity contribution in [3.63, 3.8) is 0 Å². The quantitative estimate of drug-likeness (QED) is 0.654. The van der Waals surface area contributed by atoms with Gasteiger partial charge in [0.05, 0.1) is 5.56 Å². The highest BCUT2D eigenvalue weighted by atomic mass is 19.4. The molecule has 1 heterocycles. The lowest BCUT2D eigenvalue weighted by atomic mass is 10.1. The molecule has 0 radical (unpaired) electrons. The van der Waals surface area contributed by atoms with Crippen LogP contribution in [0.4, 0.5) is 30.5 Å². The van der Waals surface area contributed by atoms with E-state index < -0.39 is 17.6 Å². The summed E-state index contributed by atoms with van der Waals surface area (Å²) < 4.78 is 37.9. The number of alkyl halides is 3. The van der Waals surface area contributed by atoms with Crippen molar-refractivity contribution in [1.29, 1.82) is 0 Å². The molecule has 0 saturated heterocycles. The number of halogens is 3. The first-order chi connectivity index (χ1) is 13.2. The third-order valence-corrected chi connectivity index (χ3v) is 3.99. The zero-order valence-corrected chi connectivity index (χ0v) is 15.1. The van der Waals surface area contributed by atoms with Gasteiger partial charge in [-0.3, -0.25) is 4.79 Å². The fourth-order valence-electron chi connectivity index (χ4n) is 2.56. The Morgan fingerprint density at radius 1 is 1.00 bits per heavy atom. The van der Waals surface area contributed by atoms with Crippen molar-refractivity contribution in [2.45, 2.75) is 20.0 Å². The zero-order valence-electron chi connectivity index (χ0n) is 15.1. The molecule has 2 aromatic carbocycles. The summed E-state index contributed by atoms with van der Waals surface area (Å²) in [6, 6.07) is 11.6. The van der Waals surface area contributed by atoms with Crippen LogP contribution < -0.4 is 10.6 Å². The van der Waals surface area contributed by atoms with Crippen LogP contribution >= 0.6 is 0 Å². The van der Waals surface area contributed by atoms with Crippen LogP contribution in [0, 0.1) is 13.8 Å². The standard InChI is InChI=1S/C20H17F3N4O/c1-12-3-8-16(13(2)11-12)26-18(28)17-9-10-24-19(27-17)25-15-6-4-14(5-7-15)20(21,22)23/h3-11H,1-2H3,(H,26,28)(H,24,25,27). The van der Waals surface area contributed by atoms with E-state index in [1.54, 1.807) is 0 Å². The van der Waals surface area contributed by atoms with Crippen molar-refractivity contribution in [1.82, 2.24) is 9.97 Å². The molecule has 144 valence electrons. The number of aryl methyl sites for hydroxylation is 2. The molecule has 2 N–H and O–H groups in total. The van der Waals surface area contributed by atoms with Crippen molar-refractivity contribution in [3.8, 4) is 0 Å². The minimum Gasteiger partial charge on any atom is -0.324 e. The van der Waals surface area contributed by atoms with Crippen LogP contribution in [0.5, 0.6) is 0 Å². The van der Waals surface area contributed by atoms with Gasteiger partial charge in [0.1, 0.15) is 5.69 Å². The average Bonchev–Trinajstić information content (AvgIpc) is 2.64. The van der Waals surface area contributed by atoms with E-state index >= 15 is 0 Å². The summed E-state index contributed by atoms with van der Waals surface area (Å²) >= 11 is 0. The lowest BCUT2D eigenvalue weighted by molar-refractivity contribution is -0.137. The fourth-order valence-corrected chi connectivity index (χ4v) is 2.56. The van der Waals surface area contributed by atoms with Crippen molar-refractivity contribution in [3.05, 3.63) is 77.1 Å². The molecule has 1 amide bonds. The second-order valence-electron chi connectivity index (χ2n) is 6.24. The van der Waals surface area contributed by atoms with E-state index in [9.17, 15) is 18.0 Å². The van der Waals surface area contributed by atoms with Crippen LogP contribution in [0.1, 0.15) is 27.2 Å². The molecule has 0 aliphatic heterocycles. The number of hydrogen-bond acceptors (Lipinski definition) is 4. The fraction of sp³-hybridized carbons (Fsp3) is 0.150. The van der Waals surface area contributed by atoms with Gasteiger partial charge in [-0.25, -0.2) is 9.97 Å². The molecule has 0 aliphatic carbocycles. The number of nitrogens with zero attached hydrogens (tertiary/aromatic N) is 2. The molecule has 5 nitrogen and oxygen atoms in total.